The van der Waals surface area contributed by atoms with Crippen LogP contribution >= 0.6 is 11.3 Å². The molecule has 0 saturated carbocycles. The number of carbonyl (C=O) groups is 1. The van der Waals surface area contributed by atoms with Crippen molar-refractivity contribution < 1.29 is 4.79 Å². The summed E-state index contributed by atoms with van der Waals surface area (Å²) >= 11 is 1.70. The van der Waals surface area contributed by atoms with Crippen LogP contribution in [0.4, 0.5) is 5.69 Å². The molecule has 1 aromatic carbocycles. The van der Waals surface area contributed by atoms with Gasteiger partial charge in [-0.05, 0) is 32.0 Å². The molecule has 2 rings (SSSR count). The van der Waals surface area contributed by atoms with E-state index in [9.17, 15) is 4.79 Å². The second kappa shape index (κ2) is 4.69. The quantitative estimate of drug-likeness (QED) is 0.914. The number of benzene rings is 1. The summed E-state index contributed by atoms with van der Waals surface area (Å²) < 4.78 is 1.20. The molecule has 3 nitrogen and oxygen atoms in total. The van der Waals surface area contributed by atoms with E-state index < -0.39 is 0 Å². The molecular weight excluding hydrogens is 244 g/mol. The van der Waals surface area contributed by atoms with Crippen molar-refractivity contribution in [3.8, 4) is 0 Å². The number of fused-ring (bicyclic) bond motifs is 1. The molecule has 0 amide bonds. The molecule has 0 bridgehead atoms. The zero-order valence-electron chi connectivity index (χ0n) is 11.2. The third-order valence-corrected chi connectivity index (χ3v) is 4.13. The molecule has 0 radical (unpaired) electrons. The molecule has 0 saturated heterocycles. The zero-order chi connectivity index (χ0) is 13.3. The van der Waals surface area contributed by atoms with Crippen molar-refractivity contribution in [3.63, 3.8) is 0 Å². The van der Waals surface area contributed by atoms with Crippen LogP contribution in [0.1, 0.15) is 25.8 Å². The first-order valence-electron chi connectivity index (χ1n) is 6.00. The first kappa shape index (κ1) is 13.0. The molecule has 2 aromatic rings. The number of rotatable bonds is 4. The molecule has 0 fully saturated rings. The van der Waals surface area contributed by atoms with Crippen LogP contribution in [0.25, 0.3) is 10.2 Å². The van der Waals surface area contributed by atoms with Gasteiger partial charge in [-0.2, -0.15) is 0 Å². The zero-order valence-corrected chi connectivity index (χ0v) is 12.0. The number of nitrogens with one attached hydrogen (secondary N) is 1. The van der Waals surface area contributed by atoms with E-state index >= 15 is 0 Å². The minimum atomic E-state index is -0.340. The predicted octanol–water partition coefficient (Wildman–Crippen LogP) is 3.63. The van der Waals surface area contributed by atoms with E-state index in [0.717, 1.165) is 16.2 Å². The smallest absolute Gasteiger partial charge is 0.137 e. The molecule has 0 aliphatic heterocycles. The van der Waals surface area contributed by atoms with Gasteiger partial charge in [0, 0.05) is 17.6 Å². The Morgan fingerprint density at radius 2 is 2.17 bits per heavy atom. The standard InChI is InChI=1S/C14H18N2OS/c1-9(17)14(3,4)8-15-11-5-6-13-12(7-11)16-10(2)18-13/h5-7,15H,8H2,1-4H3. The summed E-state index contributed by atoms with van der Waals surface area (Å²) in [5.41, 5.74) is 1.69. The lowest BCUT2D eigenvalue weighted by atomic mass is 9.89. The van der Waals surface area contributed by atoms with E-state index in [1.54, 1.807) is 18.3 Å². The van der Waals surface area contributed by atoms with E-state index in [-0.39, 0.29) is 11.2 Å². The number of thiazole rings is 1. The number of nitrogens with zero attached hydrogens (tertiary/aromatic N) is 1. The Kier molecular flexibility index (Phi) is 3.39. The van der Waals surface area contributed by atoms with E-state index in [0.29, 0.717) is 6.54 Å². The van der Waals surface area contributed by atoms with Crippen LogP contribution in [-0.4, -0.2) is 17.3 Å². The van der Waals surface area contributed by atoms with E-state index in [1.165, 1.54) is 4.70 Å². The predicted molar refractivity (Wildman–Crippen MR) is 77.3 cm³/mol. The normalized spacial score (nSPS) is 11.8. The highest BCUT2D eigenvalue weighted by atomic mass is 32.1. The summed E-state index contributed by atoms with van der Waals surface area (Å²) in [4.78, 5) is 15.9. The summed E-state index contributed by atoms with van der Waals surface area (Å²) in [7, 11) is 0. The SMILES string of the molecule is CC(=O)C(C)(C)CNc1ccc2sc(C)nc2c1. The number of aromatic nitrogens is 1. The largest absolute Gasteiger partial charge is 0.384 e. The molecule has 4 heteroatoms. The maximum atomic E-state index is 11.5. The van der Waals surface area contributed by atoms with Gasteiger partial charge in [0.1, 0.15) is 5.78 Å². The fourth-order valence-corrected chi connectivity index (χ4v) is 2.41. The van der Waals surface area contributed by atoms with Gasteiger partial charge in [-0.15, -0.1) is 11.3 Å². The van der Waals surface area contributed by atoms with Crippen molar-refractivity contribution in [1.29, 1.82) is 0 Å². The van der Waals surface area contributed by atoms with Gasteiger partial charge < -0.3 is 5.32 Å². The summed E-state index contributed by atoms with van der Waals surface area (Å²) in [6, 6.07) is 6.15. The van der Waals surface area contributed by atoms with Gasteiger partial charge in [0.15, 0.2) is 0 Å². The summed E-state index contributed by atoms with van der Waals surface area (Å²) in [6.07, 6.45) is 0. The molecule has 1 aromatic heterocycles. The lowest BCUT2D eigenvalue weighted by Gasteiger charge is -2.22. The Labute approximate surface area is 111 Å². The number of hydrogen-bond acceptors (Lipinski definition) is 4. The van der Waals surface area contributed by atoms with Gasteiger partial charge >= 0.3 is 0 Å². The van der Waals surface area contributed by atoms with Crippen LogP contribution in [0.5, 0.6) is 0 Å². The Morgan fingerprint density at radius 3 is 2.83 bits per heavy atom. The van der Waals surface area contributed by atoms with Gasteiger partial charge in [0.05, 0.1) is 15.2 Å². The van der Waals surface area contributed by atoms with Crippen molar-refractivity contribution in [2.75, 3.05) is 11.9 Å². The van der Waals surface area contributed by atoms with Gasteiger partial charge in [0.2, 0.25) is 0 Å². The fraction of sp³-hybridized carbons (Fsp3) is 0.429. The number of carbonyl (C=O) groups excluding carboxylic acids is 1. The van der Waals surface area contributed by atoms with Crippen molar-refractivity contribution in [2.45, 2.75) is 27.7 Å². The lowest BCUT2D eigenvalue weighted by molar-refractivity contribution is -0.124. The van der Waals surface area contributed by atoms with Crippen LogP contribution in [0.15, 0.2) is 18.2 Å². The highest BCUT2D eigenvalue weighted by Crippen LogP contribution is 2.25. The molecule has 0 unspecified atom stereocenters. The van der Waals surface area contributed by atoms with Crippen molar-refractivity contribution in [2.24, 2.45) is 5.41 Å². The van der Waals surface area contributed by atoms with Crippen LogP contribution in [0.2, 0.25) is 0 Å². The van der Waals surface area contributed by atoms with E-state index in [4.69, 9.17) is 0 Å². The Hall–Kier alpha value is -1.42. The van der Waals surface area contributed by atoms with Gasteiger partial charge in [0.25, 0.3) is 0 Å². The molecule has 1 heterocycles. The third-order valence-electron chi connectivity index (χ3n) is 3.18. The molecule has 1 N–H and O–H groups in total. The van der Waals surface area contributed by atoms with Gasteiger partial charge in [-0.25, -0.2) is 4.98 Å². The average molecular weight is 262 g/mol. The van der Waals surface area contributed by atoms with Crippen LogP contribution in [-0.2, 0) is 4.79 Å². The highest BCUT2D eigenvalue weighted by molar-refractivity contribution is 7.18. The monoisotopic (exact) mass is 262 g/mol. The first-order valence-corrected chi connectivity index (χ1v) is 6.82. The van der Waals surface area contributed by atoms with Crippen LogP contribution < -0.4 is 5.32 Å². The number of aryl methyl sites for hydroxylation is 1. The van der Waals surface area contributed by atoms with Crippen LogP contribution in [0, 0.1) is 12.3 Å². The minimum absolute atomic E-state index is 0.195. The maximum absolute atomic E-state index is 11.5. The van der Waals surface area contributed by atoms with Crippen molar-refractivity contribution in [1.82, 2.24) is 4.98 Å². The van der Waals surface area contributed by atoms with Gasteiger partial charge in [-0.1, -0.05) is 13.8 Å². The third kappa shape index (κ3) is 2.70. The molecule has 0 spiro atoms. The number of anilines is 1. The molecule has 0 aliphatic carbocycles. The minimum Gasteiger partial charge on any atom is -0.384 e. The van der Waals surface area contributed by atoms with Gasteiger partial charge in [-0.3, -0.25) is 4.79 Å². The first-order chi connectivity index (χ1) is 8.38. The molecule has 0 aliphatic rings. The van der Waals surface area contributed by atoms with Crippen LogP contribution in [0.3, 0.4) is 0 Å². The second-order valence-corrected chi connectivity index (χ2v) is 6.44. The summed E-state index contributed by atoms with van der Waals surface area (Å²) in [5, 5.41) is 4.39. The van der Waals surface area contributed by atoms with Crippen molar-refractivity contribution >= 4 is 33.0 Å². The second-order valence-electron chi connectivity index (χ2n) is 5.21. The molecular formula is C14H18N2OS. The molecule has 0 atom stereocenters. The van der Waals surface area contributed by atoms with E-state index in [2.05, 4.69) is 16.4 Å². The average Bonchev–Trinajstić information content (AvgIpc) is 2.65. The molecule has 18 heavy (non-hydrogen) atoms. The molecule has 96 valence electrons. The Balaban J connectivity index is 2.15. The fourth-order valence-electron chi connectivity index (χ4n) is 1.60. The number of hydrogen-bond donors (Lipinski definition) is 1. The summed E-state index contributed by atoms with van der Waals surface area (Å²) in [5.74, 6) is 0.195. The lowest BCUT2D eigenvalue weighted by Crippen LogP contribution is -2.30. The Morgan fingerprint density at radius 1 is 1.44 bits per heavy atom. The number of Topliss-reactive ketones (excluding diaryl/α,β-unsaturated/α-hetero) is 1. The topological polar surface area (TPSA) is 42.0 Å². The summed E-state index contributed by atoms with van der Waals surface area (Å²) in [6.45, 7) is 8.18. The van der Waals surface area contributed by atoms with E-state index in [1.807, 2.05) is 32.9 Å². The number of ketones is 1. The van der Waals surface area contributed by atoms with Crippen molar-refractivity contribution in [3.05, 3.63) is 23.2 Å². The Bertz CT molecular complexity index is 586. The maximum Gasteiger partial charge on any atom is 0.137 e. The highest BCUT2D eigenvalue weighted by Gasteiger charge is 2.23.